The SMILES string of the molecule is C[C@H](NC(=O)c1ccc(CN)o1)c1ccc(Cl)cc1. The standard InChI is InChI=1S/C14H15ClN2O2/c1-9(10-2-4-11(15)5-3-10)17-14(18)13-7-6-12(8-16)19-13/h2-7,9H,8,16H2,1H3,(H,17,18)/t9-/m0/s1. The monoisotopic (exact) mass is 278 g/mol. The highest BCUT2D eigenvalue weighted by molar-refractivity contribution is 6.30. The van der Waals surface area contributed by atoms with E-state index >= 15 is 0 Å². The molecule has 100 valence electrons. The van der Waals surface area contributed by atoms with E-state index in [4.69, 9.17) is 21.8 Å². The van der Waals surface area contributed by atoms with Gasteiger partial charge in [0.25, 0.3) is 5.91 Å². The predicted octanol–water partition coefficient (Wildman–Crippen LogP) is 2.88. The second-order valence-electron chi connectivity index (χ2n) is 4.22. The largest absolute Gasteiger partial charge is 0.455 e. The third-order valence-electron chi connectivity index (χ3n) is 2.80. The number of hydrogen-bond donors (Lipinski definition) is 2. The first kappa shape index (κ1) is 13.6. The van der Waals surface area contributed by atoms with Gasteiger partial charge >= 0.3 is 0 Å². The van der Waals surface area contributed by atoms with E-state index in [1.165, 1.54) is 0 Å². The molecule has 0 fully saturated rings. The van der Waals surface area contributed by atoms with Gasteiger partial charge in [-0.3, -0.25) is 4.79 Å². The minimum absolute atomic E-state index is 0.129. The molecule has 0 unspecified atom stereocenters. The average Bonchev–Trinajstić information content (AvgIpc) is 2.88. The first-order valence-electron chi connectivity index (χ1n) is 5.95. The van der Waals surface area contributed by atoms with Crippen molar-refractivity contribution in [3.63, 3.8) is 0 Å². The number of carbonyl (C=O) groups excluding carboxylic acids is 1. The fourth-order valence-electron chi connectivity index (χ4n) is 1.71. The fraction of sp³-hybridized carbons (Fsp3) is 0.214. The highest BCUT2D eigenvalue weighted by atomic mass is 35.5. The third kappa shape index (κ3) is 3.36. The molecule has 4 nitrogen and oxygen atoms in total. The zero-order valence-electron chi connectivity index (χ0n) is 10.5. The molecule has 0 aliphatic heterocycles. The number of carbonyl (C=O) groups is 1. The van der Waals surface area contributed by atoms with E-state index in [9.17, 15) is 4.79 Å². The van der Waals surface area contributed by atoms with Gasteiger partial charge in [-0.05, 0) is 36.8 Å². The maximum Gasteiger partial charge on any atom is 0.287 e. The summed E-state index contributed by atoms with van der Waals surface area (Å²) in [4.78, 5) is 12.0. The Labute approximate surface area is 116 Å². The van der Waals surface area contributed by atoms with Crippen LogP contribution in [0.2, 0.25) is 5.02 Å². The van der Waals surface area contributed by atoms with Crippen LogP contribution in [0.15, 0.2) is 40.8 Å². The quantitative estimate of drug-likeness (QED) is 0.903. The molecule has 1 heterocycles. The molecule has 0 saturated carbocycles. The smallest absolute Gasteiger partial charge is 0.287 e. The molecule has 0 radical (unpaired) electrons. The summed E-state index contributed by atoms with van der Waals surface area (Å²) in [5.74, 6) is 0.590. The van der Waals surface area contributed by atoms with Gasteiger partial charge in [-0.1, -0.05) is 23.7 Å². The van der Waals surface area contributed by atoms with Crippen molar-refractivity contribution in [1.82, 2.24) is 5.32 Å². The topological polar surface area (TPSA) is 68.3 Å². The number of rotatable bonds is 4. The molecule has 1 aromatic heterocycles. The van der Waals surface area contributed by atoms with Crippen LogP contribution >= 0.6 is 11.6 Å². The van der Waals surface area contributed by atoms with E-state index in [-0.39, 0.29) is 24.3 Å². The average molecular weight is 279 g/mol. The summed E-state index contributed by atoms with van der Waals surface area (Å²) >= 11 is 5.82. The number of benzene rings is 1. The van der Waals surface area contributed by atoms with Crippen LogP contribution in [-0.2, 0) is 6.54 Å². The lowest BCUT2D eigenvalue weighted by Crippen LogP contribution is -2.26. The summed E-state index contributed by atoms with van der Waals surface area (Å²) in [5, 5.41) is 3.52. The number of nitrogens with one attached hydrogen (secondary N) is 1. The van der Waals surface area contributed by atoms with Crippen molar-refractivity contribution >= 4 is 17.5 Å². The second kappa shape index (κ2) is 5.91. The summed E-state index contributed by atoms with van der Waals surface area (Å²) in [5.41, 5.74) is 6.41. The van der Waals surface area contributed by atoms with Gasteiger partial charge in [-0.25, -0.2) is 0 Å². The second-order valence-corrected chi connectivity index (χ2v) is 4.65. The highest BCUT2D eigenvalue weighted by Crippen LogP contribution is 2.17. The van der Waals surface area contributed by atoms with Gasteiger partial charge in [0.1, 0.15) is 5.76 Å². The van der Waals surface area contributed by atoms with Crippen molar-refractivity contribution in [2.45, 2.75) is 19.5 Å². The van der Waals surface area contributed by atoms with E-state index in [0.29, 0.717) is 10.8 Å². The van der Waals surface area contributed by atoms with Crippen molar-refractivity contribution in [3.8, 4) is 0 Å². The number of halogens is 1. The molecule has 0 saturated heterocycles. The van der Waals surface area contributed by atoms with Gasteiger partial charge in [0.15, 0.2) is 5.76 Å². The fourth-order valence-corrected chi connectivity index (χ4v) is 1.84. The molecule has 2 aromatic rings. The molecule has 19 heavy (non-hydrogen) atoms. The molecule has 1 atom stereocenters. The first-order valence-corrected chi connectivity index (χ1v) is 6.33. The maximum absolute atomic E-state index is 12.0. The summed E-state index contributed by atoms with van der Waals surface area (Å²) in [6.07, 6.45) is 0. The molecule has 0 spiro atoms. The highest BCUT2D eigenvalue weighted by Gasteiger charge is 2.14. The van der Waals surface area contributed by atoms with E-state index in [2.05, 4.69) is 5.32 Å². The van der Waals surface area contributed by atoms with Gasteiger partial charge in [-0.15, -0.1) is 0 Å². The zero-order valence-corrected chi connectivity index (χ0v) is 11.3. The van der Waals surface area contributed by atoms with Crippen LogP contribution < -0.4 is 11.1 Å². The van der Waals surface area contributed by atoms with Crippen LogP contribution in [0.4, 0.5) is 0 Å². The Morgan fingerprint density at radius 1 is 1.32 bits per heavy atom. The molecule has 1 amide bonds. The molecule has 3 N–H and O–H groups in total. The first-order chi connectivity index (χ1) is 9.10. The third-order valence-corrected chi connectivity index (χ3v) is 3.06. The molecule has 0 bridgehead atoms. The Morgan fingerprint density at radius 3 is 2.58 bits per heavy atom. The lowest BCUT2D eigenvalue weighted by atomic mass is 10.1. The lowest BCUT2D eigenvalue weighted by Gasteiger charge is -2.13. The Morgan fingerprint density at radius 2 is 2.00 bits per heavy atom. The lowest BCUT2D eigenvalue weighted by molar-refractivity contribution is 0.0910. The van der Waals surface area contributed by atoms with Crippen molar-refractivity contribution in [1.29, 1.82) is 0 Å². The Balaban J connectivity index is 2.04. The van der Waals surface area contributed by atoms with E-state index < -0.39 is 0 Å². The van der Waals surface area contributed by atoms with Gasteiger partial charge in [-0.2, -0.15) is 0 Å². The molecular weight excluding hydrogens is 264 g/mol. The maximum atomic E-state index is 12.0. The van der Waals surface area contributed by atoms with E-state index in [0.717, 1.165) is 5.56 Å². The van der Waals surface area contributed by atoms with Crippen LogP contribution in [-0.4, -0.2) is 5.91 Å². The number of hydrogen-bond acceptors (Lipinski definition) is 3. The van der Waals surface area contributed by atoms with Gasteiger partial charge in [0, 0.05) is 5.02 Å². The summed E-state index contributed by atoms with van der Waals surface area (Å²) in [6.45, 7) is 2.17. The Kier molecular flexibility index (Phi) is 4.24. The van der Waals surface area contributed by atoms with Crippen molar-refractivity contribution < 1.29 is 9.21 Å². The minimum atomic E-state index is -0.262. The molecule has 0 aliphatic carbocycles. The summed E-state index contributed by atoms with van der Waals surface area (Å²) in [6, 6.07) is 10.5. The van der Waals surface area contributed by atoms with Crippen molar-refractivity contribution in [2.75, 3.05) is 0 Å². The molecular formula is C14H15ClN2O2. The van der Waals surface area contributed by atoms with E-state index in [1.807, 2.05) is 19.1 Å². The van der Waals surface area contributed by atoms with Gasteiger partial charge in [0.05, 0.1) is 12.6 Å². The van der Waals surface area contributed by atoms with Crippen LogP contribution in [0.1, 0.15) is 34.8 Å². The predicted molar refractivity (Wildman–Crippen MR) is 73.9 cm³/mol. The van der Waals surface area contributed by atoms with E-state index in [1.54, 1.807) is 24.3 Å². The van der Waals surface area contributed by atoms with Gasteiger partial charge in [0.2, 0.25) is 0 Å². The van der Waals surface area contributed by atoms with Crippen LogP contribution in [0.3, 0.4) is 0 Å². The molecule has 1 aromatic carbocycles. The molecule has 5 heteroatoms. The Hall–Kier alpha value is -1.78. The summed E-state index contributed by atoms with van der Waals surface area (Å²) < 4.78 is 5.29. The van der Waals surface area contributed by atoms with Crippen molar-refractivity contribution in [2.24, 2.45) is 5.73 Å². The normalized spacial score (nSPS) is 12.2. The number of nitrogens with two attached hydrogens (primary N) is 1. The molecule has 0 aliphatic rings. The summed E-state index contributed by atoms with van der Waals surface area (Å²) in [7, 11) is 0. The number of amides is 1. The molecule has 2 rings (SSSR count). The minimum Gasteiger partial charge on any atom is -0.455 e. The van der Waals surface area contributed by atoms with Crippen molar-refractivity contribution in [3.05, 3.63) is 58.5 Å². The number of furan rings is 1. The van der Waals surface area contributed by atoms with Gasteiger partial charge < -0.3 is 15.5 Å². The van der Waals surface area contributed by atoms with Crippen LogP contribution in [0.5, 0.6) is 0 Å². The Bertz CT molecular complexity index is 563. The zero-order chi connectivity index (χ0) is 13.8. The van der Waals surface area contributed by atoms with Crippen LogP contribution in [0.25, 0.3) is 0 Å². The van der Waals surface area contributed by atoms with Crippen LogP contribution in [0, 0.1) is 0 Å².